The molecular weight excluding hydrogens is 333 g/mol. The van der Waals surface area contributed by atoms with Crippen molar-refractivity contribution in [1.82, 2.24) is 9.97 Å². The second-order valence-corrected chi connectivity index (χ2v) is 4.60. The number of furan rings is 1. The van der Waals surface area contributed by atoms with Crippen LogP contribution in [0.2, 0.25) is 0 Å². The van der Waals surface area contributed by atoms with Crippen LogP contribution in [0.25, 0.3) is 11.4 Å². The number of nitrogens with two attached hydrogens (primary N) is 1. The summed E-state index contributed by atoms with van der Waals surface area (Å²) in [6.07, 6.45) is 1.61. The molecule has 0 aliphatic carbocycles. The minimum atomic E-state index is 0.412. The molecule has 0 aromatic carbocycles. The average Bonchev–Trinajstić information content (AvgIpc) is 2.71. The molecule has 0 aliphatic rings. The van der Waals surface area contributed by atoms with E-state index in [1.54, 1.807) is 13.4 Å². The summed E-state index contributed by atoms with van der Waals surface area (Å²) in [6.45, 7) is 2.28. The van der Waals surface area contributed by atoms with Crippen LogP contribution in [-0.4, -0.2) is 17.1 Å². The van der Waals surface area contributed by atoms with Crippen molar-refractivity contribution in [3.05, 3.63) is 27.4 Å². The number of methoxy groups -OCH3 is 1. The maximum atomic E-state index is 5.86. The summed E-state index contributed by atoms with van der Waals surface area (Å²) in [5, 5.41) is 0. The van der Waals surface area contributed by atoms with Crippen molar-refractivity contribution in [1.29, 1.82) is 0 Å². The SMILES string of the molecule is COCc1nc(-c2ccoc2C)nc(N)c1I. The zero-order valence-electron chi connectivity index (χ0n) is 9.53. The van der Waals surface area contributed by atoms with E-state index in [9.17, 15) is 0 Å². The molecule has 0 radical (unpaired) electrons. The van der Waals surface area contributed by atoms with Gasteiger partial charge in [0.25, 0.3) is 0 Å². The van der Waals surface area contributed by atoms with Gasteiger partial charge in [-0.15, -0.1) is 0 Å². The van der Waals surface area contributed by atoms with Gasteiger partial charge in [-0.2, -0.15) is 0 Å². The first-order valence-corrected chi connectivity index (χ1v) is 6.06. The van der Waals surface area contributed by atoms with Crippen LogP contribution in [0, 0.1) is 10.5 Å². The molecule has 0 aliphatic heterocycles. The van der Waals surface area contributed by atoms with Crippen LogP contribution in [0.4, 0.5) is 5.82 Å². The summed E-state index contributed by atoms with van der Waals surface area (Å²) in [6, 6.07) is 1.83. The highest BCUT2D eigenvalue weighted by atomic mass is 127. The van der Waals surface area contributed by atoms with E-state index in [0.717, 1.165) is 20.6 Å². The molecule has 0 saturated heterocycles. The van der Waals surface area contributed by atoms with Crippen LogP contribution in [0.15, 0.2) is 16.7 Å². The second-order valence-electron chi connectivity index (χ2n) is 3.52. The Bertz CT molecular complexity index is 540. The van der Waals surface area contributed by atoms with Gasteiger partial charge in [-0.3, -0.25) is 0 Å². The number of nitrogens with zero attached hydrogens (tertiary/aromatic N) is 2. The van der Waals surface area contributed by atoms with Crippen LogP contribution < -0.4 is 5.73 Å². The van der Waals surface area contributed by atoms with Gasteiger partial charge in [0, 0.05) is 7.11 Å². The number of aryl methyl sites for hydroxylation is 1. The van der Waals surface area contributed by atoms with Gasteiger partial charge in [0.15, 0.2) is 5.82 Å². The lowest BCUT2D eigenvalue weighted by Crippen LogP contribution is -2.05. The Morgan fingerprint density at radius 2 is 2.24 bits per heavy atom. The Kier molecular flexibility index (Phi) is 3.63. The van der Waals surface area contributed by atoms with Crippen LogP contribution in [0.3, 0.4) is 0 Å². The molecule has 5 nitrogen and oxygen atoms in total. The van der Waals surface area contributed by atoms with Gasteiger partial charge in [0.1, 0.15) is 11.6 Å². The summed E-state index contributed by atoms with van der Waals surface area (Å²) in [4.78, 5) is 8.71. The van der Waals surface area contributed by atoms with E-state index in [1.807, 2.05) is 13.0 Å². The Morgan fingerprint density at radius 1 is 1.47 bits per heavy atom. The molecule has 2 N–H and O–H groups in total. The van der Waals surface area contributed by atoms with Gasteiger partial charge >= 0.3 is 0 Å². The Balaban J connectivity index is 2.53. The average molecular weight is 345 g/mol. The smallest absolute Gasteiger partial charge is 0.165 e. The van der Waals surface area contributed by atoms with Crippen molar-refractivity contribution in [3.63, 3.8) is 0 Å². The highest BCUT2D eigenvalue weighted by Crippen LogP contribution is 2.25. The fourth-order valence-electron chi connectivity index (χ4n) is 1.48. The number of nitrogen functional groups attached to an aromatic ring is 1. The zero-order valence-corrected chi connectivity index (χ0v) is 11.7. The number of anilines is 1. The standard InChI is InChI=1S/C11H12IN3O2/c1-6-7(3-4-17-6)11-14-8(5-16-2)9(12)10(13)15-11/h3-4H,5H2,1-2H3,(H2,13,14,15). The molecule has 17 heavy (non-hydrogen) atoms. The molecule has 0 atom stereocenters. The zero-order chi connectivity index (χ0) is 12.4. The van der Waals surface area contributed by atoms with E-state index in [-0.39, 0.29) is 0 Å². The van der Waals surface area contributed by atoms with Gasteiger partial charge in [-0.1, -0.05) is 0 Å². The van der Waals surface area contributed by atoms with E-state index in [2.05, 4.69) is 32.6 Å². The third kappa shape index (κ3) is 2.42. The first-order chi connectivity index (χ1) is 8.13. The topological polar surface area (TPSA) is 74.2 Å². The minimum Gasteiger partial charge on any atom is -0.469 e. The van der Waals surface area contributed by atoms with Crippen molar-refractivity contribution in [2.24, 2.45) is 0 Å². The molecule has 0 fully saturated rings. The number of hydrogen-bond donors (Lipinski definition) is 1. The molecule has 2 heterocycles. The van der Waals surface area contributed by atoms with Crippen LogP contribution in [0.5, 0.6) is 0 Å². The van der Waals surface area contributed by atoms with Gasteiger partial charge in [0.2, 0.25) is 0 Å². The molecule has 90 valence electrons. The lowest BCUT2D eigenvalue weighted by molar-refractivity contribution is 0.181. The number of hydrogen-bond acceptors (Lipinski definition) is 5. The molecule has 0 amide bonds. The summed E-state index contributed by atoms with van der Waals surface area (Å²) >= 11 is 2.12. The van der Waals surface area contributed by atoms with Gasteiger partial charge in [0.05, 0.1) is 27.7 Å². The maximum absolute atomic E-state index is 5.86. The molecule has 0 unspecified atom stereocenters. The number of rotatable bonds is 3. The summed E-state index contributed by atoms with van der Waals surface area (Å²) in [5.41, 5.74) is 7.50. The summed E-state index contributed by atoms with van der Waals surface area (Å²) in [7, 11) is 1.62. The van der Waals surface area contributed by atoms with Crippen molar-refractivity contribution in [2.45, 2.75) is 13.5 Å². The maximum Gasteiger partial charge on any atom is 0.165 e. The minimum absolute atomic E-state index is 0.412. The third-order valence-electron chi connectivity index (χ3n) is 2.33. The second kappa shape index (κ2) is 5.01. The highest BCUT2D eigenvalue weighted by Gasteiger charge is 2.13. The van der Waals surface area contributed by atoms with Crippen molar-refractivity contribution < 1.29 is 9.15 Å². The van der Waals surface area contributed by atoms with E-state index in [4.69, 9.17) is 14.9 Å². The molecule has 0 spiro atoms. The summed E-state index contributed by atoms with van der Waals surface area (Å²) in [5.74, 6) is 1.80. The largest absolute Gasteiger partial charge is 0.469 e. The van der Waals surface area contributed by atoms with Crippen LogP contribution in [0.1, 0.15) is 11.5 Å². The van der Waals surface area contributed by atoms with Crippen LogP contribution in [-0.2, 0) is 11.3 Å². The Morgan fingerprint density at radius 3 is 2.82 bits per heavy atom. The van der Waals surface area contributed by atoms with Crippen molar-refractivity contribution in [2.75, 3.05) is 12.8 Å². The predicted molar refractivity (Wildman–Crippen MR) is 72.3 cm³/mol. The first kappa shape index (κ1) is 12.3. The van der Waals surface area contributed by atoms with E-state index in [0.29, 0.717) is 18.2 Å². The lowest BCUT2D eigenvalue weighted by atomic mass is 10.2. The fourth-order valence-corrected chi connectivity index (χ4v) is 1.88. The van der Waals surface area contributed by atoms with E-state index < -0.39 is 0 Å². The lowest BCUT2D eigenvalue weighted by Gasteiger charge is -2.07. The number of ether oxygens (including phenoxy) is 1. The molecular formula is C11H12IN3O2. The predicted octanol–water partition coefficient (Wildman–Crippen LogP) is 2.38. The van der Waals surface area contributed by atoms with E-state index >= 15 is 0 Å². The normalized spacial score (nSPS) is 10.8. The van der Waals surface area contributed by atoms with E-state index in [1.165, 1.54) is 0 Å². The van der Waals surface area contributed by atoms with Gasteiger partial charge < -0.3 is 14.9 Å². The molecule has 0 saturated carbocycles. The number of halogens is 1. The van der Waals surface area contributed by atoms with Crippen molar-refractivity contribution in [3.8, 4) is 11.4 Å². The fraction of sp³-hybridized carbons (Fsp3) is 0.273. The van der Waals surface area contributed by atoms with Crippen LogP contribution >= 0.6 is 22.6 Å². The summed E-state index contributed by atoms with van der Waals surface area (Å²) < 4.78 is 11.2. The molecule has 6 heteroatoms. The molecule has 2 rings (SSSR count). The Hall–Kier alpha value is -1.15. The number of aromatic nitrogens is 2. The molecule has 2 aromatic heterocycles. The quantitative estimate of drug-likeness (QED) is 0.865. The van der Waals surface area contributed by atoms with Gasteiger partial charge in [-0.25, -0.2) is 9.97 Å². The first-order valence-electron chi connectivity index (χ1n) is 4.98. The highest BCUT2D eigenvalue weighted by molar-refractivity contribution is 14.1. The Labute approximate surface area is 113 Å². The van der Waals surface area contributed by atoms with Crippen molar-refractivity contribution >= 4 is 28.4 Å². The third-order valence-corrected chi connectivity index (χ3v) is 3.50. The van der Waals surface area contributed by atoms with Gasteiger partial charge in [-0.05, 0) is 35.6 Å². The molecule has 2 aromatic rings. The molecule has 0 bridgehead atoms. The monoisotopic (exact) mass is 345 g/mol.